The van der Waals surface area contributed by atoms with Crippen LogP contribution in [0.5, 0.6) is 0 Å². The van der Waals surface area contributed by atoms with Crippen LogP contribution in [0.2, 0.25) is 0 Å². The number of likely N-dealkylation sites (tertiary alicyclic amines) is 1. The molecule has 27 heavy (non-hydrogen) atoms. The molecule has 0 saturated carbocycles. The number of aromatic nitrogens is 1. The van der Waals surface area contributed by atoms with Crippen LogP contribution in [0.15, 0.2) is 54.9 Å². The molecule has 2 N–H and O–H groups in total. The van der Waals surface area contributed by atoms with E-state index in [0.717, 1.165) is 24.8 Å². The summed E-state index contributed by atoms with van der Waals surface area (Å²) in [6, 6.07) is 12.7. The highest BCUT2D eigenvalue weighted by molar-refractivity contribution is 6.35. The van der Waals surface area contributed by atoms with Gasteiger partial charge in [-0.05, 0) is 43.9 Å². The molecule has 0 spiro atoms. The van der Waals surface area contributed by atoms with Crippen molar-refractivity contribution in [2.24, 2.45) is 0 Å². The maximum absolute atomic E-state index is 12.8. The van der Waals surface area contributed by atoms with Crippen molar-refractivity contribution in [3.05, 3.63) is 66.0 Å². The van der Waals surface area contributed by atoms with Crippen LogP contribution in [0.25, 0.3) is 0 Å². The Kier molecular flexibility index (Phi) is 5.80. The standard InChI is InChI=1S/C20H22N4O3/c1-14-7-5-11-17(15-8-3-2-4-9-15)24(14)20(27)19(26)23-22-18(25)16-10-6-12-21-13-16/h2-4,6,8-10,12-14,17H,5,7,11H2,1H3,(H,22,25)(H,23,26). The van der Waals surface area contributed by atoms with Gasteiger partial charge in [0.05, 0.1) is 11.6 Å². The molecule has 7 nitrogen and oxygen atoms in total. The second-order valence-corrected chi connectivity index (χ2v) is 6.57. The van der Waals surface area contributed by atoms with Gasteiger partial charge < -0.3 is 4.90 Å². The van der Waals surface area contributed by atoms with E-state index in [1.54, 1.807) is 23.2 Å². The molecule has 1 aliphatic heterocycles. The predicted octanol–water partition coefficient (Wildman–Crippen LogP) is 1.98. The number of carbonyl (C=O) groups excluding carboxylic acids is 3. The van der Waals surface area contributed by atoms with Crippen molar-refractivity contribution >= 4 is 17.7 Å². The Hall–Kier alpha value is -3.22. The average Bonchev–Trinajstić information content (AvgIpc) is 2.72. The number of pyridine rings is 1. The van der Waals surface area contributed by atoms with Crippen LogP contribution in [0.1, 0.15) is 48.1 Å². The minimum atomic E-state index is -0.859. The Morgan fingerprint density at radius 2 is 1.81 bits per heavy atom. The number of benzene rings is 1. The highest BCUT2D eigenvalue weighted by atomic mass is 16.2. The molecular formula is C20H22N4O3. The summed E-state index contributed by atoms with van der Waals surface area (Å²) in [5, 5.41) is 0. The first-order chi connectivity index (χ1) is 13.1. The number of hydrogen-bond acceptors (Lipinski definition) is 4. The minimum absolute atomic E-state index is 0.0590. The van der Waals surface area contributed by atoms with Gasteiger partial charge in [-0.3, -0.25) is 30.2 Å². The molecule has 1 fully saturated rings. The summed E-state index contributed by atoms with van der Waals surface area (Å²) in [7, 11) is 0. The first-order valence-electron chi connectivity index (χ1n) is 8.96. The van der Waals surface area contributed by atoms with E-state index in [1.165, 1.54) is 6.20 Å². The third-order valence-electron chi connectivity index (χ3n) is 4.74. The van der Waals surface area contributed by atoms with Gasteiger partial charge in [0, 0.05) is 18.4 Å². The van der Waals surface area contributed by atoms with E-state index in [1.807, 2.05) is 37.3 Å². The van der Waals surface area contributed by atoms with Gasteiger partial charge in [-0.15, -0.1) is 0 Å². The van der Waals surface area contributed by atoms with E-state index in [2.05, 4.69) is 15.8 Å². The molecule has 1 saturated heterocycles. The molecule has 0 bridgehead atoms. The summed E-state index contributed by atoms with van der Waals surface area (Å²) in [6.45, 7) is 1.94. The van der Waals surface area contributed by atoms with Crippen molar-refractivity contribution in [2.45, 2.75) is 38.3 Å². The van der Waals surface area contributed by atoms with Crippen molar-refractivity contribution in [1.29, 1.82) is 0 Å². The third-order valence-corrected chi connectivity index (χ3v) is 4.74. The normalized spacial score (nSPS) is 19.2. The highest BCUT2D eigenvalue weighted by Gasteiger charge is 2.35. The lowest BCUT2D eigenvalue weighted by Crippen LogP contribution is -2.53. The lowest BCUT2D eigenvalue weighted by Gasteiger charge is -2.40. The number of amides is 3. The molecule has 2 unspecified atom stereocenters. The molecule has 3 rings (SSSR count). The summed E-state index contributed by atoms with van der Waals surface area (Å²) in [6.07, 6.45) is 5.55. The Morgan fingerprint density at radius 1 is 1.04 bits per heavy atom. The molecule has 2 aromatic rings. The lowest BCUT2D eigenvalue weighted by molar-refractivity contribution is -0.150. The number of nitrogens with one attached hydrogen (secondary N) is 2. The van der Waals surface area contributed by atoms with Crippen LogP contribution in [-0.2, 0) is 9.59 Å². The van der Waals surface area contributed by atoms with Gasteiger partial charge in [-0.25, -0.2) is 0 Å². The van der Waals surface area contributed by atoms with Crippen molar-refractivity contribution in [3.63, 3.8) is 0 Å². The molecular weight excluding hydrogens is 344 g/mol. The van der Waals surface area contributed by atoms with E-state index in [-0.39, 0.29) is 12.1 Å². The largest absolute Gasteiger partial charge is 0.327 e. The monoisotopic (exact) mass is 366 g/mol. The lowest BCUT2D eigenvalue weighted by atomic mass is 9.91. The highest BCUT2D eigenvalue weighted by Crippen LogP contribution is 2.34. The zero-order valence-electron chi connectivity index (χ0n) is 15.1. The minimum Gasteiger partial charge on any atom is -0.325 e. The van der Waals surface area contributed by atoms with Gasteiger partial charge in [0.25, 0.3) is 5.91 Å². The summed E-state index contributed by atoms with van der Waals surface area (Å²) < 4.78 is 0. The first kappa shape index (κ1) is 18.6. The van der Waals surface area contributed by atoms with Crippen molar-refractivity contribution in [2.75, 3.05) is 0 Å². The maximum Gasteiger partial charge on any atom is 0.327 e. The van der Waals surface area contributed by atoms with E-state index < -0.39 is 17.7 Å². The van der Waals surface area contributed by atoms with Crippen LogP contribution < -0.4 is 10.9 Å². The molecule has 2 atom stereocenters. The smallest absolute Gasteiger partial charge is 0.325 e. The molecule has 1 aromatic carbocycles. The predicted molar refractivity (Wildman–Crippen MR) is 99.2 cm³/mol. The average molecular weight is 366 g/mol. The summed E-state index contributed by atoms with van der Waals surface area (Å²) in [5.74, 6) is -2.04. The molecule has 140 valence electrons. The number of nitrogens with zero attached hydrogens (tertiary/aromatic N) is 2. The second-order valence-electron chi connectivity index (χ2n) is 6.57. The Morgan fingerprint density at radius 3 is 2.52 bits per heavy atom. The maximum atomic E-state index is 12.8. The molecule has 0 radical (unpaired) electrons. The fraction of sp³-hybridized carbons (Fsp3) is 0.300. The van der Waals surface area contributed by atoms with Gasteiger partial charge in [0.2, 0.25) is 0 Å². The number of hydrogen-bond donors (Lipinski definition) is 2. The fourth-order valence-electron chi connectivity index (χ4n) is 3.39. The van der Waals surface area contributed by atoms with Gasteiger partial charge in [0.1, 0.15) is 0 Å². The van der Waals surface area contributed by atoms with E-state index in [0.29, 0.717) is 5.56 Å². The molecule has 1 aliphatic rings. The number of hydrazine groups is 1. The topological polar surface area (TPSA) is 91.4 Å². The quantitative estimate of drug-likeness (QED) is 0.628. The molecule has 3 amide bonds. The van der Waals surface area contributed by atoms with Gasteiger partial charge in [0.15, 0.2) is 0 Å². The first-order valence-corrected chi connectivity index (χ1v) is 8.96. The third kappa shape index (κ3) is 4.31. The van der Waals surface area contributed by atoms with Gasteiger partial charge in [-0.2, -0.15) is 0 Å². The summed E-state index contributed by atoms with van der Waals surface area (Å²) in [4.78, 5) is 42.6. The Balaban J connectivity index is 1.68. The van der Waals surface area contributed by atoms with Crippen LogP contribution in [0.4, 0.5) is 0 Å². The zero-order chi connectivity index (χ0) is 19.2. The molecule has 0 aliphatic carbocycles. The van der Waals surface area contributed by atoms with Crippen LogP contribution in [0, 0.1) is 0 Å². The Labute approximate surface area is 157 Å². The molecule has 7 heteroatoms. The van der Waals surface area contributed by atoms with E-state index >= 15 is 0 Å². The second kappa shape index (κ2) is 8.44. The van der Waals surface area contributed by atoms with Crippen molar-refractivity contribution in [1.82, 2.24) is 20.7 Å². The van der Waals surface area contributed by atoms with Crippen molar-refractivity contribution < 1.29 is 14.4 Å². The van der Waals surface area contributed by atoms with Crippen molar-refractivity contribution in [3.8, 4) is 0 Å². The number of rotatable bonds is 2. The summed E-state index contributed by atoms with van der Waals surface area (Å²) >= 11 is 0. The molecule has 2 heterocycles. The fourth-order valence-corrected chi connectivity index (χ4v) is 3.39. The Bertz CT molecular complexity index is 810. The zero-order valence-corrected chi connectivity index (χ0v) is 15.1. The summed E-state index contributed by atoms with van der Waals surface area (Å²) in [5.41, 5.74) is 5.77. The molecule has 1 aromatic heterocycles. The van der Waals surface area contributed by atoms with Crippen LogP contribution >= 0.6 is 0 Å². The number of carbonyl (C=O) groups is 3. The van der Waals surface area contributed by atoms with Gasteiger partial charge in [-0.1, -0.05) is 30.3 Å². The SMILES string of the molecule is CC1CCCC(c2ccccc2)N1C(=O)C(=O)NNC(=O)c1cccnc1. The van der Waals surface area contributed by atoms with Crippen LogP contribution in [0.3, 0.4) is 0 Å². The number of piperidine rings is 1. The van der Waals surface area contributed by atoms with E-state index in [4.69, 9.17) is 0 Å². The van der Waals surface area contributed by atoms with Crippen LogP contribution in [-0.4, -0.2) is 33.6 Å². The van der Waals surface area contributed by atoms with Gasteiger partial charge >= 0.3 is 11.8 Å². The van der Waals surface area contributed by atoms with E-state index in [9.17, 15) is 14.4 Å².